The molecule has 0 saturated carbocycles. The van der Waals surface area contributed by atoms with E-state index in [1.54, 1.807) is 29.7 Å². The van der Waals surface area contributed by atoms with Crippen molar-refractivity contribution < 1.29 is 4.79 Å². The summed E-state index contributed by atoms with van der Waals surface area (Å²) in [6.45, 7) is 2.80. The van der Waals surface area contributed by atoms with Crippen LogP contribution in [0.4, 0.5) is 10.8 Å². The number of anilines is 2. The van der Waals surface area contributed by atoms with Crippen molar-refractivity contribution in [3.05, 3.63) is 149 Å². The summed E-state index contributed by atoms with van der Waals surface area (Å²) < 4.78 is 2.24. The molecule has 2 N–H and O–H groups in total. The second kappa shape index (κ2) is 12.0. The van der Waals surface area contributed by atoms with Crippen molar-refractivity contribution in [2.45, 2.75) is 13.5 Å². The highest BCUT2D eigenvalue weighted by Gasteiger charge is 2.11. The lowest BCUT2D eigenvalue weighted by atomic mass is 10.0. The predicted molar refractivity (Wildman–Crippen MR) is 182 cm³/mol. The number of aryl methyl sites for hydroxylation is 1. The van der Waals surface area contributed by atoms with E-state index in [1.165, 1.54) is 21.9 Å². The molecule has 7 aromatic rings. The molecule has 0 fully saturated rings. The molecule has 0 aliphatic carbocycles. The minimum Gasteiger partial charge on any atom is -0.342 e. The van der Waals surface area contributed by atoms with E-state index in [9.17, 15) is 4.79 Å². The van der Waals surface area contributed by atoms with E-state index in [0.717, 1.165) is 45.1 Å². The molecular formula is C37H29N5OS. The van der Waals surface area contributed by atoms with Crippen molar-refractivity contribution in [2.24, 2.45) is 5.10 Å². The second-order valence-corrected chi connectivity index (χ2v) is 11.5. The van der Waals surface area contributed by atoms with Gasteiger partial charge in [0.15, 0.2) is 5.13 Å². The SMILES string of the molecule is Cc1ccc(Nc2nc(-c3ccc(C(=O)N/N=C\c4cn(Cc5cccc6ccccc56)c5ccccc45)cc3)cs2)cc1. The molecule has 0 bridgehead atoms. The summed E-state index contributed by atoms with van der Waals surface area (Å²) in [5, 5.41) is 14.0. The number of fused-ring (bicyclic) bond motifs is 2. The summed E-state index contributed by atoms with van der Waals surface area (Å²) >= 11 is 1.54. The number of nitrogens with one attached hydrogen (secondary N) is 2. The first-order chi connectivity index (χ1) is 21.6. The highest BCUT2D eigenvalue weighted by Crippen LogP contribution is 2.28. The third-order valence-electron chi connectivity index (χ3n) is 7.66. The Bertz CT molecular complexity index is 2120. The molecule has 1 amide bonds. The Kier molecular flexibility index (Phi) is 7.44. The van der Waals surface area contributed by atoms with Crippen molar-refractivity contribution in [2.75, 3.05) is 5.32 Å². The lowest BCUT2D eigenvalue weighted by molar-refractivity contribution is 0.0955. The van der Waals surface area contributed by atoms with Gasteiger partial charge in [0.25, 0.3) is 5.91 Å². The van der Waals surface area contributed by atoms with E-state index in [2.05, 4.69) is 100 Å². The molecule has 0 aliphatic rings. The lowest BCUT2D eigenvalue weighted by Crippen LogP contribution is -2.17. The minimum absolute atomic E-state index is 0.271. The maximum Gasteiger partial charge on any atom is 0.271 e. The number of thiazole rings is 1. The Morgan fingerprint density at radius 2 is 1.61 bits per heavy atom. The quantitative estimate of drug-likeness (QED) is 0.137. The van der Waals surface area contributed by atoms with Gasteiger partial charge in [-0.15, -0.1) is 11.3 Å². The van der Waals surface area contributed by atoms with E-state index >= 15 is 0 Å². The van der Waals surface area contributed by atoms with Crippen molar-refractivity contribution in [1.82, 2.24) is 15.0 Å². The summed E-state index contributed by atoms with van der Waals surface area (Å²) in [5.41, 5.74) is 10.5. The van der Waals surface area contributed by atoms with Crippen LogP contribution in [0, 0.1) is 6.92 Å². The third kappa shape index (κ3) is 5.73. The number of hydrogen-bond donors (Lipinski definition) is 2. The van der Waals surface area contributed by atoms with Gasteiger partial charge in [-0.25, -0.2) is 10.4 Å². The van der Waals surface area contributed by atoms with Crippen LogP contribution in [0.2, 0.25) is 0 Å². The Hall–Kier alpha value is -5.53. The van der Waals surface area contributed by atoms with Gasteiger partial charge in [-0.05, 0) is 53.6 Å². The van der Waals surface area contributed by atoms with Crippen LogP contribution in [0.1, 0.15) is 27.0 Å². The topological polar surface area (TPSA) is 71.3 Å². The summed E-state index contributed by atoms with van der Waals surface area (Å²) in [4.78, 5) is 17.6. The Labute approximate surface area is 259 Å². The smallest absolute Gasteiger partial charge is 0.271 e. The van der Waals surface area contributed by atoms with Crippen molar-refractivity contribution in [3.8, 4) is 11.3 Å². The third-order valence-corrected chi connectivity index (χ3v) is 8.42. The number of benzene rings is 5. The number of carbonyl (C=O) groups excluding carboxylic acids is 1. The molecule has 7 rings (SSSR count). The van der Waals surface area contributed by atoms with E-state index < -0.39 is 0 Å². The molecule has 6 nitrogen and oxygen atoms in total. The Morgan fingerprint density at radius 1 is 0.864 bits per heavy atom. The zero-order chi connectivity index (χ0) is 29.9. The first-order valence-electron chi connectivity index (χ1n) is 14.4. The normalized spacial score (nSPS) is 11.4. The molecule has 0 spiro atoms. The molecule has 5 aromatic carbocycles. The summed E-state index contributed by atoms with van der Waals surface area (Å²) in [6.07, 6.45) is 3.80. The number of rotatable bonds is 8. The standard InChI is InChI=1S/C37H29N5OS/c1-25-13-19-31(20-14-25)39-37-40-34(24-44-37)27-15-17-28(18-16-27)36(43)41-38-21-30-23-42(35-12-5-4-11-33(30)35)22-29-9-6-8-26-7-2-3-10-32(26)29/h2-21,23-24H,22H2,1H3,(H,39,40)(H,41,43)/b38-21-. The Morgan fingerprint density at radius 3 is 2.45 bits per heavy atom. The number of hydrazone groups is 1. The van der Waals surface area contributed by atoms with Gasteiger partial charge >= 0.3 is 0 Å². The highest BCUT2D eigenvalue weighted by molar-refractivity contribution is 7.14. The fourth-order valence-electron chi connectivity index (χ4n) is 5.36. The van der Waals surface area contributed by atoms with Crippen molar-refractivity contribution in [1.29, 1.82) is 0 Å². The van der Waals surface area contributed by atoms with Crippen LogP contribution >= 0.6 is 11.3 Å². The lowest BCUT2D eigenvalue weighted by Gasteiger charge is -2.09. The van der Waals surface area contributed by atoms with Gasteiger partial charge < -0.3 is 9.88 Å². The molecule has 0 aliphatic heterocycles. The van der Waals surface area contributed by atoms with Gasteiger partial charge in [-0.1, -0.05) is 90.5 Å². The van der Waals surface area contributed by atoms with Crippen LogP contribution in [0.5, 0.6) is 0 Å². The molecule has 0 radical (unpaired) electrons. The Balaban J connectivity index is 1.03. The van der Waals surface area contributed by atoms with Crippen molar-refractivity contribution in [3.63, 3.8) is 0 Å². The average molecular weight is 592 g/mol. The van der Waals surface area contributed by atoms with Crippen LogP contribution < -0.4 is 10.7 Å². The monoisotopic (exact) mass is 591 g/mol. The van der Waals surface area contributed by atoms with Gasteiger partial charge in [0.2, 0.25) is 0 Å². The van der Waals surface area contributed by atoms with Crippen LogP contribution in [-0.4, -0.2) is 21.7 Å². The number of carbonyl (C=O) groups is 1. The maximum atomic E-state index is 12.9. The van der Waals surface area contributed by atoms with Crippen LogP contribution in [0.25, 0.3) is 32.9 Å². The number of aromatic nitrogens is 2. The van der Waals surface area contributed by atoms with E-state index in [4.69, 9.17) is 4.98 Å². The number of para-hydroxylation sites is 1. The number of amides is 1. The number of hydrogen-bond acceptors (Lipinski definition) is 5. The summed E-state index contributed by atoms with van der Waals surface area (Å²) in [5.74, 6) is -0.271. The second-order valence-electron chi connectivity index (χ2n) is 10.7. The largest absolute Gasteiger partial charge is 0.342 e. The van der Waals surface area contributed by atoms with Crippen LogP contribution in [0.15, 0.2) is 132 Å². The highest BCUT2D eigenvalue weighted by atomic mass is 32.1. The van der Waals surface area contributed by atoms with Gasteiger partial charge in [-0.2, -0.15) is 5.10 Å². The predicted octanol–water partition coefficient (Wildman–Crippen LogP) is 8.78. The van der Waals surface area contributed by atoms with E-state index in [1.807, 2.05) is 41.8 Å². The summed E-state index contributed by atoms with van der Waals surface area (Å²) in [7, 11) is 0. The maximum absolute atomic E-state index is 12.9. The molecule has 7 heteroatoms. The van der Waals surface area contributed by atoms with E-state index in [0.29, 0.717) is 5.56 Å². The molecule has 0 atom stereocenters. The fourth-order valence-corrected chi connectivity index (χ4v) is 6.10. The zero-order valence-electron chi connectivity index (χ0n) is 24.1. The van der Waals surface area contributed by atoms with Gasteiger partial charge in [-0.3, -0.25) is 4.79 Å². The zero-order valence-corrected chi connectivity index (χ0v) is 24.9. The fraction of sp³-hybridized carbons (Fsp3) is 0.0541. The summed E-state index contributed by atoms with van der Waals surface area (Å²) in [6, 6.07) is 38.7. The van der Waals surface area contributed by atoms with Gasteiger partial charge in [0.1, 0.15) is 0 Å². The molecule has 2 heterocycles. The van der Waals surface area contributed by atoms with Gasteiger partial charge in [0, 0.05) is 51.4 Å². The molecule has 214 valence electrons. The number of nitrogens with zero attached hydrogens (tertiary/aromatic N) is 3. The molecule has 2 aromatic heterocycles. The van der Waals surface area contributed by atoms with Crippen LogP contribution in [-0.2, 0) is 6.54 Å². The van der Waals surface area contributed by atoms with Gasteiger partial charge in [0.05, 0.1) is 11.9 Å². The first kappa shape index (κ1) is 27.3. The van der Waals surface area contributed by atoms with Crippen molar-refractivity contribution >= 4 is 56.0 Å². The minimum atomic E-state index is -0.271. The molecule has 0 unspecified atom stereocenters. The van der Waals surface area contributed by atoms with Crippen LogP contribution in [0.3, 0.4) is 0 Å². The first-order valence-corrected chi connectivity index (χ1v) is 15.3. The molecule has 44 heavy (non-hydrogen) atoms. The average Bonchev–Trinajstić information content (AvgIpc) is 3.67. The molecule has 0 saturated heterocycles. The van der Waals surface area contributed by atoms with E-state index in [-0.39, 0.29) is 5.91 Å². The molecular weight excluding hydrogens is 563 g/mol.